The van der Waals surface area contributed by atoms with E-state index >= 15 is 0 Å². The molecule has 0 spiro atoms. The Labute approximate surface area is 199 Å². The van der Waals surface area contributed by atoms with Gasteiger partial charge in [0, 0.05) is 31.7 Å². The highest BCUT2D eigenvalue weighted by Gasteiger charge is 2.33. The topological polar surface area (TPSA) is 105 Å². The van der Waals surface area contributed by atoms with Crippen LogP contribution in [0.5, 0.6) is 0 Å². The second-order valence-electron chi connectivity index (χ2n) is 9.03. The summed E-state index contributed by atoms with van der Waals surface area (Å²) < 4.78 is 10.7. The standard InChI is InChI=1S/C25H31N5O4/c1-16(2)21(26-23(31)20-6-5-15-33-20)25(32)30-13-11-29(12-14-30)18(4)24-27-22(28-34-24)19-9-7-17(3)8-10-19/h5-10,15-16,18,21H,11-14H2,1-4H3,(H,26,31). The van der Waals surface area contributed by atoms with Crippen molar-refractivity contribution in [3.8, 4) is 11.4 Å². The van der Waals surface area contributed by atoms with Crippen LogP contribution in [0.1, 0.15) is 48.8 Å². The van der Waals surface area contributed by atoms with Crippen LogP contribution in [0.15, 0.2) is 51.6 Å². The van der Waals surface area contributed by atoms with Gasteiger partial charge in [-0.15, -0.1) is 0 Å². The summed E-state index contributed by atoms with van der Waals surface area (Å²) in [7, 11) is 0. The van der Waals surface area contributed by atoms with Crippen molar-refractivity contribution in [3.05, 3.63) is 59.9 Å². The van der Waals surface area contributed by atoms with Crippen LogP contribution >= 0.6 is 0 Å². The first-order chi connectivity index (χ1) is 16.3. The predicted octanol–water partition coefficient (Wildman–Crippen LogP) is 3.30. The van der Waals surface area contributed by atoms with Crippen LogP contribution in [-0.4, -0.2) is 64.0 Å². The van der Waals surface area contributed by atoms with E-state index in [-0.39, 0.29) is 29.5 Å². The quantitative estimate of drug-likeness (QED) is 0.571. The minimum atomic E-state index is -0.616. The van der Waals surface area contributed by atoms with E-state index in [1.807, 2.05) is 56.9 Å². The fraction of sp³-hybridized carbons (Fsp3) is 0.440. The van der Waals surface area contributed by atoms with Gasteiger partial charge in [-0.2, -0.15) is 4.98 Å². The van der Waals surface area contributed by atoms with Crippen LogP contribution < -0.4 is 5.32 Å². The van der Waals surface area contributed by atoms with Gasteiger partial charge in [0.2, 0.25) is 17.6 Å². The molecule has 34 heavy (non-hydrogen) atoms. The van der Waals surface area contributed by atoms with Crippen molar-refractivity contribution in [2.24, 2.45) is 5.92 Å². The van der Waals surface area contributed by atoms with Gasteiger partial charge in [0.1, 0.15) is 6.04 Å². The lowest BCUT2D eigenvalue weighted by atomic mass is 10.0. The molecule has 0 radical (unpaired) electrons. The normalized spacial score (nSPS) is 16.4. The molecule has 1 aromatic carbocycles. The number of piperazine rings is 1. The Kier molecular flexibility index (Phi) is 7.12. The molecule has 9 heteroatoms. The molecule has 3 heterocycles. The largest absolute Gasteiger partial charge is 0.459 e. The molecule has 1 aliphatic heterocycles. The maximum absolute atomic E-state index is 13.2. The average Bonchev–Trinajstić information content (AvgIpc) is 3.55. The van der Waals surface area contributed by atoms with E-state index in [9.17, 15) is 9.59 Å². The van der Waals surface area contributed by atoms with Gasteiger partial charge in [-0.1, -0.05) is 48.8 Å². The first kappa shape index (κ1) is 23.7. The molecule has 4 rings (SSSR count). The molecule has 2 unspecified atom stereocenters. The number of hydrogen-bond donors (Lipinski definition) is 1. The number of furan rings is 1. The number of hydrogen-bond acceptors (Lipinski definition) is 7. The van der Waals surface area contributed by atoms with E-state index in [1.54, 1.807) is 12.1 Å². The third-order valence-corrected chi connectivity index (χ3v) is 6.25. The highest BCUT2D eigenvalue weighted by molar-refractivity contribution is 5.95. The van der Waals surface area contributed by atoms with Crippen molar-refractivity contribution >= 4 is 11.8 Å². The number of nitrogens with one attached hydrogen (secondary N) is 1. The fourth-order valence-corrected chi connectivity index (χ4v) is 4.04. The Morgan fingerprint density at radius 3 is 2.35 bits per heavy atom. The van der Waals surface area contributed by atoms with Gasteiger partial charge in [-0.05, 0) is 31.9 Å². The molecule has 9 nitrogen and oxygen atoms in total. The van der Waals surface area contributed by atoms with Crippen LogP contribution in [0.4, 0.5) is 0 Å². The summed E-state index contributed by atoms with van der Waals surface area (Å²) in [6.45, 7) is 10.4. The zero-order valence-electron chi connectivity index (χ0n) is 20.0. The Hall–Kier alpha value is -3.46. The van der Waals surface area contributed by atoms with Gasteiger partial charge in [0.25, 0.3) is 5.91 Å². The lowest BCUT2D eigenvalue weighted by Gasteiger charge is -2.38. The molecule has 0 bridgehead atoms. The van der Waals surface area contributed by atoms with Crippen molar-refractivity contribution in [1.29, 1.82) is 0 Å². The molecule has 2 aromatic heterocycles. The van der Waals surface area contributed by atoms with E-state index < -0.39 is 6.04 Å². The number of amides is 2. The Morgan fingerprint density at radius 2 is 1.74 bits per heavy atom. The maximum atomic E-state index is 13.2. The second-order valence-corrected chi connectivity index (χ2v) is 9.03. The number of carbonyl (C=O) groups is 2. The highest BCUT2D eigenvalue weighted by Crippen LogP contribution is 2.24. The number of aryl methyl sites for hydroxylation is 1. The molecule has 1 fully saturated rings. The van der Waals surface area contributed by atoms with Crippen molar-refractivity contribution < 1.29 is 18.5 Å². The van der Waals surface area contributed by atoms with Gasteiger partial charge < -0.3 is 19.2 Å². The lowest BCUT2D eigenvalue weighted by molar-refractivity contribution is -0.136. The third kappa shape index (κ3) is 5.20. The van der Waals surface area contributed by atoms with Gasteiger partial charge in [-0.3, -0.25) is 14.5 Å². The summed E-state index contributed by atoms with van der Waals surface area (Å²) in [5.41, 5.74) is 2.09. The smallest absolute Gasteiger partial charge is 0.287 e. The molecule has 1 saturated heterocycles. The van der Waals surface area contributed by atoms with E-state index in [0.29, 0.717) is 37.9 Å². The summed E-state index contributed by atoms with van der Waals surface area (Å²) in [4.78, 5) is 34.2. The molecule has 180 valence electrons. The summed E-state index contributed by atoms with van der Waals surface area (Å²) in [6, 6.07) is 10.6. The van der Waals surface area contributed by atoms with Crippen LogP contribution in [0.2, 0.25) is 0 Å². The number of aromatic nitrogens is 2. The van der Waals surface area contributed by atoms with Crippen LogP contribution in [0.25, 0.3) is 11.4 Å². The minimum Gasteiger partial charge on any atom is -0.459 e. The number of carbonyl (C=O) groups excluding carboxylic acids is 2. The summed E-state index contributed by atoms with van der Waals surface area (Å²) in [6.07, 6.45) is 1.44. The Balaban J connectivity index is 1.35. The number of benzene rings is 1. The lowest BCUT2D eigenvalue weighted by Crippen LogP contribution is -2.56. The van der Waals surface area contributed by atoms with Gasteiger partial charge in [0.15, 0.2) is 5.76 Å². The SMILES string of the molecule is Cc1ccc(-c2noc(C(C)N3CCN(C(=O)C(NC(=O)c4ccco4)C(C)C)CC3)n2)cc1. The molecular weight excluding hydrogens is 434 g/mol. The van der Waals surface area contributed by atoms with Crippen LogP contribution in [0.3, 0.4) is 0 Å². The zero-order valence-corrected chi connectivity index (χ0v) is 20.0. The summed E-state index contributed by atoms with van der Waals surface area (Å²) in [5, 5.41) is 6.97. The van der Waals surface area contributed by atoms with Gasteiger partial charge in [0.05, 0.1) is 12.3 Å². The minimum absolute atomic E-state index is 0.0537. The Morgan fingerprint density at radius 1 is 1.03 bits per heavy atom. The maximum Gasteiger partial charge on any atom is 0.287 e. The van der Waals surface area contributed by atoms with E-state index in [4.69, 9.17) is 8.94 Å². The van der Waals surface area contributed by atoms with Gasteiger partial charge >= 0.3 is 0 Å². The molecule has 2 amide bonds. The van der Waals surface area contributed by atoms with Crippen LogP contribution in [-0.2, 0) is 4.79 Å². The molecule has 1 aliphatic rings. The molecule has 2 atom stereocenters. The summed E-state index contributed by atoms with van der Waals surface area (Å²) in [5.74, 6) is 0.805. The molecular formula is C25H31N5O4. The number of nitrogens with zero attached hydrogens (tertiary/aromatic N) is 4. The fourth-order valence-electron chi connectivity index (χ4n) is 4.04. The van der Waals surface area contributed by atoms with Crippen molar-refractivity contribution in [3.63, 3.8) is 0 Å². The predicted molar refractivity (Wildman–Crippen MR) is 126 cm³/mol. The van der Waals surface area contributed by atoms with E-state index in [1.165, 1.54) is 11.8 Å². The first-order valence-electron chi connectivity index (χ1n) is 11.6. The third-order valence-electron chi connectivity index (χ3n) is 6.25. The monoisotopic (exact) mass is 465 g/mol. The van der Waals surface area contributed by atoms with Crippen LogP contribution in [0, 0.1) is 12.8 Å². The van der Waals surface area contributed by atoms with Crippen molar-refractivity contribution in [1.82, 2.24) is 25.3 Å². The average molecular weight is 466 g/mol. The summed E-state index contributed by atoms with van der Waals surface area (Å²) >= 11 is 0. The first-order valence-corrected chi connectivity index (χ1v) is 11.6. The van der Waals surface area contributed by atoms with Crippen molar-refractivity contribution in [2.75, 3.05) is 26.2 Å². The van der Waals surface area contributed by atoms with Crippen molar-refractivity contribution in [2.45, 2.75) is 39.8 Å². The molecule has 3 aromatic rings. The Bertz CT molecular complexity index is 1100. The van der Waals surface area contributed by atoms with E-state index in [2.05, 4.69) is 20.4 Å². The second kappa shape index (κ2) is 10.2. The highest BCUT2D eigenvalue weighted by atomic mass is 16.5. The molecule has 0 saturated carbocycles. The molecule has 0 aliphatic carbocycles. The molecule has 1 N–H and O–H groups in total. The zero-order chi connectivity index (χ0) is 24.2. The van der Waals surface area contributed by atoms with Gasteiger partial charge in [-0.25, -0.2) is 0 Å². The van der Waals surface area contributed by atoms with E-state index in [0.717, 1.165) is 5.56 Å². The number of rotatable bonds is 7.